The minimum absolute atomic E-state index is 0.0801. The van der Waals surface area contributed by atoms with Crippen LogP contribution in [0.25, 0.3) is 16.5 Å². The zero-order chi connectivity index (χ0) is 24.2. The summed E-state index contributed by atoms with van der Waals surface area (Å²) in [6.07, 6.45) is -2.74. The monoisotopic (exact) mass is 452 g/mol. The number of nitrogen functional groups attached to an aromatic ring is 2. The number of benzene rings is 2. The van der Waals surface area contributed by atoms with Gasteiger partial charge in [0.25, 0.3) is 5.56 Å². The third-order valence-corrected chi connectivity index (χ3v) is 4.76. The second-order valence-electron chi connectivity index (χ2n) is 6.87. The van der Waals surface area contributed by atoms with E-state index in [1.165, 1.54) is 16.8 Å². The summed E-state index contributed by atoms with van der Waals surface area (Å²) >= 11 is 0. The van der Waals surface area contributed by atoms with Gasteiger partial charge in [-0.05, 0) is 36.1 Å². The van der Waals surface area contributed by atoms with E-state index in [0.717, 1.165) is 6.07 Å². The van der Waals surface area contributed by atoms with E-state index in [-0.39, 0.29) is 22.7 Å². The van der Waals surface area contributed by atoms with E-state index in [1.54, 1.807) is 42.5 Å². The molecule has 2 heterocycles. The van der Waals surface area contributed by atoms with Crippen LogP contribution >= 0.6 is 0 Å². The number of anilines is 2. The molecule has 0 fully saturated rings. The zero-order valence-corrected chi connectivity index (χ0v) is 17.5. The molecular formula is C23H19F3N6O. The van der Waals surface area contributed by atoms with Gasteiger partial charge in [0.1, 0.15) is 17.5 Å². The van der Waals surface area contributed by atoms with E-state index in [4.69, 9.17) is 16.7 Å². The van der Waals surface area contributed by atoms with Crippen molar-refractivity contribution in [1.82, 2.24) is 14.5 Å². The van der Waals surface area contributed by atoms with Gasteiger partial charge in [0.2, 0.25) is 5.95 Å². The Balaban J connectivity index is 0.000000257. The zero-order valence-electron chi connectivity index (χ0n) is 17.5. The van der Waals surface area contributed by atoms with Crippen LogP contribution < -0.4 is 17.0 Å². The maximum atomic E-state index is 13.3. The van der Waals surface area contributed by atoms with E-state index in [9.17, 15) is 18.0 Å². The molecule has 0 amide bonds. The van der Waals surface area contributed by atoms with Gasteiger partial charge in [-0.2, -0.15) is 23.4 Å². The number of hydrogen-bond donors (Lipinski definition) is 2. The molecule has 4 rings (SSSR count). The van der Waals surface area contributed by atoms with Crippen molar-refractivity contribution in [2.24, 2.45) is 0 Å². The van der Waals surface area contributed by atoms with Crippen molar-refractivity contribution in [2.45, 2.75) is 19.5 Å². The third kappa shape index (κ3) is 4.93. The maximum absolute atomic E-state index is 13.3. The van der Waals surface area contributed by atoms with Crippen LogP contribution in [-0.2, 0) is 12.6 Å². The number of pyridine rings is 1. The van der Waals surface area contributed by atoms with E-state index in [0.29, 0.717) is 23.2 Å². The highest BCUT2D eigenvalue weighted by Gasteiger charge is 2.34. The lowest BCUT2D eigenvalue weighted by molar-refractivity contribution is -0.136. The van der Waals surface area contributed by atoms with Crippen LogP contribution in [0.1, 0.15) is 23.7 Å². The Morgan fingerprint density at radius 3 is 2.36 bits per heavy atom. The van der Waals surface area contributed by atoms with Crippen LogP contribution in [0.5, 0.6) is 0 Å². The normalized spacial score (nSPS) is 10.9. The van der Waals surface area contributed by atoms with Gasteiger partial charge in [0, 0.05) is 11.4 Å². The van der Waals surface area contributed by atoms with E-state index in [2.05, 4.69) is 9.97 Å². The van der Waals surface area contributed by atoms with Crippen molar-refractivity contribution in [3.63, 3.8) is 0 Å². The second kappa shape index (κ2) is 9.40. The van der Waals surface area contributed by atoms with Gasteiger partial charge >= 0.3 is 6.18 Å². The van der Waals surface area contributed by atoms with Crippen LogP contribution in [0.2, 0.25) is 0 Å². The number of aromatic nitrogens is 3. The summed E-state index contributed by atoms with van der Waals surface area (Å²) in [6, 6.07) is 16.0. The quantitative estimate of drug-likeness (QED) is 0.472. The highest BCUT2D eigenvalue weighted by Crippen LogP contribution is 2.33. The Labute approximate surface area is 186 Å². The molecule has 2 aromatic heterocycles. The van der Waals surface area contributed by atoms with E-state index < -0.39 is 17.3 Å². The molecule has 33 heavy (non-hydrogen) atoms. The smallest absolute Gasteiger partial charge is 0.382 e. The molecule has 0 unspecified atom stereocenters. The molecule has 0 bridgehead atoms. The standard InChI is InChI=1S/C18H14F3NO.C5H5N5/c1-2-13-11-12-7-6-10-15(18(19,20)21)16(12)17(23)22(13)14-8-4-3-5-9-14;6-1-3-2-9-5(8)10-4(3)7/h3-11H,2H2,1H3;2H,(H4,7,8,9,10). The first kappa shape index (κ1) is 23.3. The Bertz CT molecular complexity index is 1390. The fourth-order valence-corrected chi connectivity index (χ4v) is 3.27. The molecule has 10 heteroatoms. The first-order valence-electron chi connectivity index (χ1n) is 9.75. The summed E-state index contributed by atoms with van der Waals surface area (Å²) in [5.41, 5.74) is 10.4. The number of nitrogens with two attached hydrogens (primary N) is 2. The highest BCUT2D eigenvalue weighted by molar-refractivity contribution is 5.86. The van der Waals surface area contributed by atoms with Crippen LogP contribution in [-0.4, -0.2) is 14.5 Å². The number of alkyl halides is 3. The molecule has 7 nitrogen and oxygen atoms in total. The number of halogens is 3. The molecule has 0 spiro atoms. The van der Waals surface area contributed by atoms with Gasteiger partial charge < -0.3 is 11.5 Å². The van der Waals surface area contributed by atoms with Gasteiger partial charge in [-0.3, -0.25) is 9.36 Å². The first-order valence-corrected chi connectivity index (χ1v) is 9.75. The summed E-state index contributed by atoms with van der Waals surface area (Å²) in [5, 5.41) is 8.38. The summed E-state index contributed by atoms with van der Waals surface area (Å²) in [6.45, 7) is 1.87. The predicted octanol–water partition coefficient (Wildman–Crippen LogP) is 4.08. The molecule has 0 aliphatic rings. The number of nitrogens with zero attached hydrogens (tertiary/aromatic N) is 4. The minimum atomic E-state index is -4.57. The molecule has 0 atom stereocenters. The summed E-state index contributed by atoms with van der Waals surface area (Å²) in [7, 11) is 0. The average Bonchev–Trinajstić information content (AvgIpc) is 2.79. The lowest BCUT2D eigenvalue weighted by Crippen LogP contribution is -2.24. The van der Waals surface area contributed by atoms with Crippen LogP contribution in [0, 0.1) is 11.3 Å². The Hall–Kier alpha value is -4.39. The van der Waals surface area contributed by atoms with Crippen molar-refractivity contribution >= 4 is 22.5 Å². The van der Waals surface area contributed by atoms with Crippen molar-refractivity contribution in [1.29, 1.82) is 5.26 Å². The molecule has 0 saturated carbocycles. The average molecular weight is 452 g/mol. The molecule has 0 saturated heterocycles. The van der Waals surface area contributed by atoms with Crippen LogP contribution in [0.4, 0.5) is 24.9 Å². The van der Waals surface area contributed by atoms with E-state index >= 15 is 0 Å². The largest absolute Gasteiger partial charge is 0.417 e. The first-order chi connectivity index (χ1) is 15.7. The van der Waals surface area contributed by atoms with Crippen LogP contribution in [0.15, 0.2) is 65.6 Å². The Morgan fingerprint density at radius 2 is 1.79 bits per heavy atom. The molecule has 168 valence electrons. The number of para-hydroxylation sites is 1. The van der Waals surface area contributed by atoms with Gasteiger partial charge in [0.15, 0.2) is 0 Å². The van der Waals surface area contributed by atoms with Crippen molar-refractivity contribution in [2.75, 3.05) is 11.5 Å². The lowest BCUT2D eigenvalue weighted by Gasteiger charge is -2.16. The molecule has 2 aromatic carbocycles. The summed E-state index contributed by atoms with van der Waals surface area (Å²) < 4.78 is 41.2. The molecule has 0 aliphatic carbocycles. The second-order valence-corrected chi connectivity index (χ2v) is 6.87. The lowest BCUT2D eigenvalue weighted by atomic mass is 10.0. The minimum Gasteiger partial charge on any atom is -0.382 e. The topological polar surface area (TPSA) is 124 Å². The number of rotatable bonds is 2. The van der Waals surface area contributed by atoms with Gasteiger partial charge in [-0.15, -0.1) is 0 Å². The highest BCUT2D eigenvalue weighted by atomic mass is 19.4. The molecule has 0 radical (unpaired) electrons. The number of aryl methyl sites for hydroxylation is 1. The predicted molar refractivity (Wildman–Crippen MR) is 119 cm³/mol. The van der Waals surface area contributed by atoms with E-state index in [1.807, 2.05) is 13.0 Å². The van der Waals surface area contributed by atoms with Crippen molar-refractivity contribution < 1.29 is 13.2 Å². The maximum Gasteiger partial charge on any atom is 0.417 e. The van der Waals surface area contributed by atoms with Gasteiger partial charge in [0.05, 0.1) is 17.1 Å². The molecule has 0 aliphatic heterocycles. The summed E-state index contributed by atoms with van der Waals surface area (Å²) in [4.78, 5) is 20.0. The van der Waals surface area contributed by atoms with Crippen LogP contribution in [0.3, 0.4) is 0 Å². The molecule has 4 N–H and O–H groups in total. The van der Waals surface area contributed by atoms with Crippen molar-refractivity contribution in [3.8, 4) is 11.8 Å². The fraction of sp³-hybridized carbons (Fsp3) is 0.130. The van der Waals surface area contributed by atoms with Gasteiger partial charge in [-0.1, -0.05) is 37.3 Å². The summed E-state index contributed by atoms with van der Waals surface area (Å²) in [5.74, 6) is 0.200. The van der Waals surface area contributed by atoms with Crippen molar-refractivity contribution in [3.05, 3.63) is 88.0 Å². The number of fused-ring (bicyclic) bond motifs is 1. The number of hydrogen-bond acceptors (Lipinski definition) is 6. The SMILES string of the molecule is CCc1cc2cccc(C(F)(F)F)c2c(=O)n1-c1ccccc1.N#Cc1cnc(N)nc1N. The third-order valence-electron chi connectivity index (χ3n) is 4.76. The molecular weight excluding hydrogens is 433 g/mol. The Kier molecular flexibility index (Phi) is 6.63. The van der Waals surface area contributed by atoms with Gasteiger partial charge in [-0.25, -0.2) is 4.98 Å². The fourth-order valence-electron chi connectivity index (χ4n) is 3.27. The number of nitriles is 1. The Morgan fingerprint density at radius 1 is 1.09 bits per heavy atom. The molecule has 4 aromatic rings.